The number of rotatable bonds is 3. The number of halogens is 3. The van der Waals surface area contributed by atoms with Crippen molar-refractivity contribution in [2.45, 2.75) is 16.8 Å². The predicted octanol–water partition coefficient (Wildman–Crippen LogP) is 5.49. The van der Waals surface area contributed by atoms with E-state index in [1.165, 1.54) is 5.39 Å². The van der Waals surface area contributed by atoms with E-state index in [1.807, 2.05) is 19.2 Å². The zero-order valence-electron chi connectivity index (χ0n) is 11.9. The molecule has 1 aromatic heterocycles. The number of thioether (sulfide) groups is 1. The average Bonchev–Trinajstić information content (AvgIpc) is 2.82. The maximum atomic E-state index is 12.5. The van der Waals surface area contributed by atoms with E-state index in [2.05, 4.69) is 22.9 Å². The van der Waals surface area contributed by atoms with E-state index in [4.69, 9.17) is 0 Å². The van der Waals surface area contributed by atoms with E-state index < -0.39 is 11.7 Å². The Balaban J connectivity index is 1.77. The summed E-state index contributed by atoms with van der Waals surface area (Å²) in [5.74, 6) is 0.645. The van der Waals surface area contributed by atoms with Crippen LogP contribution in [0.2, 0.25) is 0 Å². The Bertz CT molecular complexity index is 788. The van der Waals surface area contributed by atoms with Crippen LogP contribution < -0.4 is 0 Å². The van der Waals surface area contributed by atoms with E-state index >= 15 is 0 Å². The molecule has 0 bridgehead atoms. The van der Waals surface area contributed by atoms with Crippen molar-refractivity contribution in [3.8, 4) is 0 Å². The van der Waals surface area contributed by atoms with Gasteiger partial charge in [-0.15, -0.1) is 11.8 Å². The van der Waals surface area contributed by atoms with Gasteiger partial charge in [-0.2, -0.15) is 13.2 Å². The van der Waals surface area contributed by atoms with Crippen LogP contribution in [-0.2, 0) is 19.0 Å². The molecule has 3 aromatic rings. The SMILES string of the molecule is Cn1cc(SCc2ccc(C(F)(F)F)cc2)c2ccccc21. The molecule has 0 aliphatic carbocycles. The Hall–Kier alpha value is -1.88. The highest BCUT2D eigenvalue weighted by molar-refractivity contribution is 7.98. The molecule has 2 aromatic carbocycles. The average molecular weight is 321 g/mol. The summed E-state index contributed by atoms with van der Waals surface area (Å²) in [5, 5.41) is 1.17. The van der Waals surface area contributed by atoms with Gasteiger partial charge >= 0.3 is 6.18 Å². The van der Waals surface area contributed by atoms with Gasteiger partial charge in [0.15, 0.2) is 0 Å². The van der Waals surface area contributed by atoms with Gasteiger partial charge in [0.2, 0.25) is 0 Å². The number of alkyl halides is 3. The first-order valence-electron chi connectivity index (χ1n) is 6.78. The van der Waals surface area contributed by atoms with Crippen LogP contribution in [0.1, 0.15) is 11.1 Å². The monoisotopic (exact) mass is 321 g/mol. The number of hydrogen-bond acceptors (Lipinski definition) is 1. The van der Waals surface area contributed by atoms with Crippen LogP contribution >= 0.6 is 11.8 Å². The van der Waals surface area contributed by atoms with Gasteiger partial charge in [0.05, 0.1) is 5.56 Å². The molecule has 5 heteroatoms. The topological polar surface area (TPSA) is 4.93 Å². The Labute approximate surface area is 130 Å². The van der Waals surface area contributed by atoms with E-state index in [9.17, 15) is 13.2 Å². The van der Waals surface area contributed by atoms with Crippen molar-refractivity contribution < 1.29 is 13.2 Å². The molecule has 114 valence electrons. The molecule has 0 aliphatic rings. The van der Waals surface area contributed by atoms with Gasteiger partial charge < -0.3 is 4.57 Å². The minimum atomic E-state index is -4.28. The van der Waals surface area contributed by atoms with Crippen LogP contribution in [0.25, 0.3) is 10.9 Å². The first kappa shape index (κ1) is 15.0. The van der Waals surface area contributed by atoms with Gasteiger partial charge in [-0.3, -0.25) is 0 Å². The quantitative estimate of drug-likeness (QED) is 0.578. The molecule has 0 saturated heterocycles. The summed E-state index contributed by atoms with van der Waals surface area (Å²) in [6, 6.07) is 13.5. The highest BCUT2D eigenvalue weighted by Crippen LogP contribution is 2.33. The normalized spacial score (nSPS) is 12.0. The number of hydrogen-bond donors (Lipinski definition) is 0. The van der Waals surface area contributed by atoms with Crippen LogP contribution in [0.5, 0.6) is 0 Å². The standard InChI is InChI=1S/C17H14F3NS/c1-21-10-16(14-4-2-3-5-15(14)21)22-11-12-6-8-13(9-7-12)17(18,19)20/h2-10H,11H2,1H3. The van der Waals surface area contributed by atoms with E-state index in [0.717, 1.165) is 28.1 Å². The second-order valence-electron chi connectivity index (χ2n) is 5.10. The lowest BCUT2D eigenvalue weighted by molar-refractivity contribution is -0.137. The van der Waals surface area contributed by atoms with E-state index in [1.54, 1.807) is 23.9 Å². The minimum Gasteiger partial charge on any atom is -0.349 e. The summed E-state index contributed by atoms with van der Waals surface area (Å²) < 4.78 is 39.7. The van der Waals surface area contributed by atoms with Crippen LogP contribution in [0.4, 0.5) is 13.2 Å². The number of benzene rings is 2. The minimum absolute atomic E-state index is 0.605. The molecule has 0 aliphatic heterocycles. The Morgan fingerprint density at radius 2 is 1.68 bits per heavy atom. The van der Waals surface area contributed by atoms with Crippen molar-refractivity contribution >= 4 is 22.7 Å². The fourth-order valence-electron chi connectivity index (χ4n) is 2.37. The smallest absolute Gasteiger partial charge is 0.349 e. The molecule has 1 heterocycles. The van der Waals surface area contributed by atoms with Gasteiger partial charge in [-0.1, -0.05) is 30.3 Å². The van der Waals surface area contributed by atoms with Crippen LogP contribution in [0.3, 0.4) is 0 Å². The summed E-state index contributed by atoms with van der Waals surface area (Å²) in [5.41, 5.74) is 1.43. The third kappa shape index (κ3) is 2.99. The Kier molecular flexibility index (Phi) is 3.91. The van der Waals surface area contributed by atoms with Crippen molar-refractivity contribution in [3.63, 3.8) is 0 Å². The van der Waals surface area contributed by atoms with Gasteiger partial charge in [0.25, 0.3) is 0 Å². The van der Waals surface area contributed by atoms with Crippen molar-refractivity contribution in [1.29, 1.82) is 0 Å². The van der Waals surface area contributed by atoms with E-state index in [0.29, 0.717) is 5.75 Å². The summed E-state index contributed by atoms with van der Waals surface area (Å²) in [7, 11) is 1.99. The number of aryl methyl sites for hydroxylation is 1. The largest absolute Gasteiger partial charge is 0.416 e. The van der Waals surface area contributed by atoms with Crippen LogP contribution in [0.15, 0.2) is 59.6 Å². The molecule has 0 atom stereocenters. The maximum Gasteiger partial charge on any atom is 0.416 e. The molecule has 0 spiro atoms. The van der Waals surface area contributed by atoms with Crippen molar-refractivity contribution in [2.75, 3.05) is 0 Å². The molecule has 0 unspecified atom stereocenters. The van der Waals surface area contributed by atoms with E-state index in [-0.39, 0.29) is 0 Å². The molecular weight excluding hydrogens is 307 g/mol. The molecule has 3 rings (SSSR count). The molecule has 1 nitrogen and oxygen atoms in total. The fraction of sp³-hybridized carbons (Fsp3) is 0.176. The lowest BCUT2D eigenvalue weighted by atomic mass is 10.1. The lowest BCUT2D eigenvalue weighted by Gasteiger charge is -2.07. The highest BCUT2D eigenvalue weighted by atomic mass is 32.2. The first-order valence-corrected chi connectivity index (χ1v) is 7.77. The van der Waals surface area contributed by atoms with Crippen molar-refractivity contribution in [3.05, 3.63) is 65.9 Å². The molecule has 0 saturated carbocycles. The fourth-order valence-corrected chi connectivity index (χ4v) is 3.45. The van der Waals surface area contributed by atoms with Gasteiger partial charge in [-0.25, -0.2) is 0 Å². The third-order valence-electron chi connectivity index (χ3n) is 3.54. The highest BCUT2D eigenvalue weighted by Gasteiger charge is 2.29. The van der Waals surface area contributed by atoms with Crippen molar-refractivity contribution in [2.24, 2.45) is 7.05 Å². The summed E-state index contributed by atoms with van der Waals surface area (Å²) in [6.07, 6.45) is -2.22. The van der Waals surface area contributed by atoms with Gasteiger partial charge in [0.1, 0.15) is 0 Å². The maximum absolute atomic E-state index is 12.5. The Morgan fingerprint density at radius 1 is 1.00 bits per heavy atom. The second kappa shape index (κ2) is 5.72. The molecule has 0 amide bonds. The molecule has 0 N–H and O–H groups in total. The number of nitrogens with zero attached hydrogens (tertiary/aromatic N) is 1. The lowest BCUT2D eigenvalue weighted by Crippen LogP contribution is -2.04. The zero-order chi connectivity index (χ0) is 15.7. The van der Waals surface area contributed by atoms with Gasteiger partial charge in [-0.05, 0) is 23.8 Å². The zero-order valence-corrected chi connectivity index (χ0v) is 12.7. The molecule has 22 heavy (non-hydrogen) atoms. The first-order chi connectivity index (χ1) is 10.4. The third-order valence-corrected chi connectivity index (χ3v) is 4.65. The van der Waals surface area contributed by atoms with Crippen LogP contribution in [-0.4, -0.2) is 4.57 Å². The summed E-state index contributed by atoms with van der Waals surface area (Å²) in [6.45, 7) is 0. The summed E-state index contributed by atoms with van der Waals surface area (Å²) >= 11 is 1.64. The number of para-hydroxylation sites is 1. The number of aromatic nitrogens is 1. The summed E-state index contributed by atoms with van der Waals surface area (Å²) in [4.78, 5) is 1.14. The molecule has 0 radical (unpaired) electrons. The van der Waals surface area contributed by atoms with Gasteiger partial charge in [0, 0.05) is 34.8 Å². The predicted molar refractivity (Wildman–Crippen MR) is 83.9 cm³/mol. The van der Waals surface area contributed by atoms with Crippen LogP contribution in [0, 0.1) is 0 Å². The molecule has 0 fully saturated rings. The van der Waals surface area contributed by atoms with Crippen molar-refractivity contribution in [1.82, 2.24) is 4.57 Å². The number of fused-ring (bicyclic) bond motifs is 1. The molecular formula is C17H14F3NS. The Morgan fingerprint density at radius 3 is 2.36 bits per heavy atom. The second-order valence-corrected chi connectivity index (χ2v) is 6.12.